The third kappa shape index (κ3) is 3.74. The van der Waals surface area contributed by atoms with E-state index in [1.807, 2.05) is 12.1 Å². The van der Waals surface area contributed by atoms with Crippen molar-refractivity contribution in [3.8, 4) is 12.1 Å². The number of carbonyl (C=O) groups is 1. The molecule has 0 unspecified atom stereocenters. The van der Waals surface area contributed by atoms with Crippen LogP contribution in [0.5, 0.6) is 0 Å². The van der Waals surface area contributed by atoms with E-state index in [1.54, 1.807) is 20.8 Å². The zero-order chi connectivity index (χ0) is 22.0. The molecule has 1 amide bonds. The van der Waals surface area contributed by atoms with Crippen LogP contribution in [0.25, 0.3) is 10.9 Å². The van der Waals surface area contributed by atoms with Gasteiger partial charge in [-0.05, 0) is 38.5 Å². The number of aromatic nitrogens is 3. The summed E-state index contributed by atoms with van der Waals surface area (Å²) in [4.78, 5) is 36.0. The molecule has 0 saturated carbocycles. The van der Waals surface area contributed by atoms with Crippen molar-refractivity contribution >= 4 is 16.8 Å². The Morgan fingerprint density at radius 3 is 2.70 bits per heavy atom. The maximum Gasteiger partial charge on any atom is 0.252 e. The number of rotatable bonds is 4. The zero-order valence-corrected chi connectivity index (χ0v) is 16.5. The monoisotopic (exact) mass is 408 g/mol. The number of benzene rings is 1. The lowest BCUT2D eigenvalue weighted by molar-refractivity contribution is -0.121. The van der Waals surface area contributed by atoms with Gasteiger partial charge >= 0.3 is 0 Å². The van der Waals surface area contributed by atoms with Crippen molar-refractivity contribution < 1.29 is 12.0 Å². The molecule has 3 rings (SSSR count). The zero-order valence-electron chi connectivity index (χ0n) is 16.5. The van der Waals surface area contributed by atoms with E-state index in [-0.39, 0.29) is 31.5 Å². The Balaban J connectivity index is 0.00000256. The highest BCUT2D eigenvalue weighted by atomic mass is 19.1. The molecular formula is C21H21FN6O2. The predicted octanol–water partition coefficient (Wildman–Crippen LogP) is 2.73. The molecule has 3 aromatic rings. The lowest BCUT2D eigenvalue weighted by atomic mass is 9.98. The van der Waals surface area contributed by atoms with Gasteiger partial charge in [0.2, 0.25) is 5.91 Å². The molecule has 0 saturated heterocycles. The molecule has 0 bridgehead atoms. The van der Waals surface area contributed by atoms with Crippen LogP contribution in [0.15, 0.2) is 23.1 Å². The van der Waals surface area contributed by atoms with Crippen molar-refractivity contribution in [1.29, 1.82) is 10.5 Å². The molecule has 0 aliphatic carbocycles. The summed E-state index contributed by atoms with van der Waals surface area (Å²) in [6.45, 7) is 4.98. The number of halogens is 1. The smallest absolute Gasteiger partial charge is 0.252 e. The molecule has 2 aromatic heterocycles. The Hall–Kier alpha value is -4.11. The maximum absolute atomic E-state index is 14.0. The third-order valence-electron chi connectivity index (χ3n) is 4.84. The summed E-state index contributed by atoms with van der Waals surface area (Å²) in [7, 11) is 0. The van der Waals surface area contributed by atoms with Gasteiger partial charge in [-0.3, -0.25) is 14.6 Å². The second kappa shape index (κ2) is 8.10. The number of carbonyl (C=O) groups excluding carboxylic acids is 1. The Labute approximate surface area is 174 Å². The van der Waals surface area contributed by atoms with Gasteiger partial charge in [-0.15, -0.1) is 0 Å². The van der Waals surface area contributed by atoms with Crippen LogP contribution in [0, 0.1) is 42.3 Å². The molecule has 0 radical (unpaired) electrons. The fourth-order valence-electron chi connectivity index (χ4n) is 3.40. The number of aryl methyl sites for hydroxylation is 2. The molecule has 1 aromatic carbocycles. The van der Waals surface area contributed by atoms with Crippen LogP contribution in [0.4, 0.5) is 4.39 Å². The molecule has 0 fully saturated rings. The Morgan fingerprint density at radius 1 is 1.33 bits per heavy atom. The van der Waals surface area contributed by atoms with Crippen LogP contribution < -0.4 is 10.9 Å². The van der Waals surface area contributed by atoms with E-state index in [9.17, 15) is 19.2 Å². The summed E-state index contributed by atoms with van der Waals surface area (Å²) >= 11 is 0. The molecular weight excluding hydrogens is 387 g/mol. The van der Waals surface area contributed by atoms with E-state index < -0.39 is 23.3 Å². The minimum atomic E-state index is -0.695. The van der Waals surface area contributed by atoms with E-state index >= 15 is 0 Å². The number of hydrogen-bond acceptors (Lipinski definition) is 6. The number of aromatic amines is 1. The molecule has 154 valence electrons. The van der Waals surface area contributed by atoms with E-state index in [4.69, 9.17) is 5.26 Å². The van der Waals surface area contributed by atoms with Gasteiger partial charge in [0.05, 0.1) is 41.1 Å². The minimum Gasteiger partial charge on any atom is -0.348 e. The van der Waals surface area contributed by atoms with Gasteiger partial charge in [0, 0.05) is 13.8 Å². The van der Waals surface area contributed by atoms with Gasteiger partial charge in [-0.2, -0.15) is 10.5 Å². The van der Waals surface area contributed by atoms with Crippen molar-refractivity contribution in [2.45, 2.75) is 33.2 Å². The van der Waals surface area contributed by atoms with Crippen LogP contribution in [0.1, 0.15) is 49.6 Å². The Morgan fingerprint density at radius 2 is 2.07 bits per heavy atom. The first kappa shape index (κ1) is 20.6. The summed E-state index contributed by atoms with van der Waals surface area (Å²) in [6, 6.07) is 5.71. The first-order valence-corrected chi connectivity index (χ1v) is 9.03. The van der Waals surface area contributed by atoms with Crippen molar-refractivity contribution in [3.63, 3.8) is 0 Å². The van der Waals surface area contributed by atoms with Gasteiger partial charge < -0.3 is 10.3 Å². The lowest BCUT2D eigenvalue weighted by Crippen LogP contribution is -2.31. The summed E-state index contributed by atoms with van der Waals surface area (Å²) in [5, 5.41) is 21.2. The summed E-state index contributed by atoms with van der Waals surface area (Å²) < 4.78 is 14.0. The molecule has 8 nitrogen and oxygen atoms in total. The number of nitrogens with one attached hydrogen (secondary N) is 2. The largest absolute Gasteiger partial charge is 0.348 e. The average Bonchev–Trinajstić information content (AvgIpc) is 2.71. The highest BCUT2D eigenvalue weighted by Gasteiger charge is 2.20. The molecule has 30 heavy (non-hydrogen) atoms. The van der Waals surface area contributed by atoms with Crippen molar-refractivity contribution in [2.75, 3.05) is 0 Å². The molecule has 2 heterocycles. The number of H-pyrrole nitrogens is 1. The number of hydrogen-bond donors (Lipinski definition) is 2. The second-order valence-corrected chi connectivity index (χ2v) is 6.82. The van der Waals surface area contributed by atoms with E-state index in [2.05, 4.69) is 20.3 Å². The van der Waals surface area contributed by atoms with E-state index in [1.165, 1.54) is 12.3 Å². The summed E-state index contributed by atoms with van der Waals surface area (Å²) in [5.74, 6) is -1.14. The standard InChI is InChI=1S/C21H17FN6O2.2H2/c1-10-14(21(30)28-17-5-4-16(22)15(8-24)19(10)17)6-18(29)27-12(3)20-11(2)26-13(7-23)9-25-20;;/h4-5,9,12H,6H2,1-3H3,(H,27,29)(H,28,30);2*1H/t12-;;/m1../s1. The van der Waals surface area contributed by atoms with Gasteiger partial charge in [-0.25, -0.2) is 9.37 Å². The van der Waals surface area contributed by atoms with Crippen molar-refractivity contribution in [3.05, 3.63) is 68.3 Å². The molecule has 1 atom stereocenters. The number of pyridine rings is 1. The first-order valence-electron chi connectivity index (χ1n) is 9.03. The number of fused-ring (bicyclic) bond motifs is 1. The first-order chi connectivity index (χ1) is 14.3. The lowest BCUT2D eigenvalue weighted by Gasteiger charge is -2.16. The van der Waals surface area contributed by atoms with Gasteiger partial charge in [0.1, 0.15) is 18.0 Å². The predicted molar refractivity (Wildman–Crippen MR) is 110 cm³/mol. The van der Waals surface area contributed by atoms with Crippen LogP contribution >= 0.6 is 0 Å². The van der Waals surface area contributed by atoms with Crippen molar-refractivity contribution in [2.24, 2.45) is 0 Å². The van der Waals surface area contributed by atoms with Gasteiger partial charge in [0.25, 0.3) is 5.56 Å². The molecule has 0 aliphatic heterocycles. The topological polar surface area (TPSA) is 135 Å². The quantitative estimate of drug-likeness (QED) is 0.681. The fraction of sp³-hybridized carbons (Fsp3) is 0.238. The van der Waals surface area contributed by atoms with E-state index in [0.29, 0.717) is 22.5 Å². The Kier molecular flexibility index (Phi) is 5.56. The number of amides is 1. The molecule has 0 spiro atoms. The summed E-state index contributed by atoms with van der Waals surface area (Å²) in [5.41, 5.74) is 1.38. The molecule has 0 aliphatic rings. The third-order valence-corrected chi connectivity index (χ3v) is 4.84. The SMILES string of the molecule is Cc1nc(C#N)cnc1[C@@H](C)NC(=O)Cc1c(C)c2c(C#N)c(F)ccc2[nH]c1=O.[HH].[HH]. The molecule has 9 heteroatoms. The van der Waals surface area contributed by atoms with Crippen LogP contribution in [0.3, 0.4) is 0 Å². The normalized spacial score (nSPS) is 11.5. The van der Waals surface area contributed by atoms with Crippen LogP contribution in [0.2, 0.25) is 0 Å². The van der Waals surface area contributed by atoms with Crippen molar-refractivity contribution in [1.82, 2.24) is 20.3 Å². The highest BCUT2D eigenvalue weighted by molar-refractivity contribution is 5.90. The average molecular weight is 408 g/mol. The van der Waals surface area contributed by atoms with Gasteiger partial charge in [-0.1, -0.05) is 0 Å². The summed E-state index contributed by atoms with van der Waals surface area (Å²) in [6.07, 6.45) is 1.06. The fourth-order valence-corrected chi connectivity index (χ4v) is 3.40. The molecule has 2 N–H and O–H groups in total. The second-order valence-electron chi connectivity index (χ2n) is 6.82. The number of nitriles is 2. The maximum atomic E-state index is 14.0. The van der Waals surface area contributed by atoms with Crippen LogP contribution in [-0.4, -0.2) is 20.9 Å². The Bertz CT molecular complexity index is 1330. The van der Waals surface area contributed by atoms with E-state index in [0.717, 1.165) is 6.07 Å². The van der Waals surface area contributed by atoms with Gasteiger partial charge in [0.15, 0.2) is 5.69 Å². The minimum absolute atomic E-state index is 0. The number of nitrogens with zero attached hydrogens (tertiary/aromatic N) is 4. The van der Waals surface area contributed by atoms with Crippen LogP contribution in [-0.2, 0) is 11.2 Å². The highest BCUT2D eigenvalue weighted by Crippen LogP contribution is 2.24.